The number of alkyl carbamates (subject to hydrolysis) is 1. The molecule has 6 nitrogen and oxygen atoms in total. The van der Waals surface area contributed by atoms with Gasteiger partial charge >= 0.3 is 6.09 Å². The summed E-state index contributed by atoms with van der Waals surface area (Å²) >= 11 is 0. The third-order valence-electron chi connectivity index (χ3n) is 3.04. The maximum Gasteiger partial charge on any atom is 0.407 e. The van der Waals surface area contributed by atoms with Gasteiger partial charge in [0.1, 0.15) is 5.60 Å². The Kier molecular flexibility index (Phi) is 8.60. The van der Waals surface area contributed by atoms with Crippen molar-refractivity contribution in [3.8, 4) is 0 Å². The number of carbonyl (C=O) groups is 1. The number of aliphatic hydroxyl groups is 1. The van der Waals surface area contributed by atoms with Crippen LogP contribution in [-0.2, 0) is 22.3 Å². The van der Waals surface area contributed by atoms with E-state index in [9.17, 15) is 9.90 Å². The zero-order valence-corrected chi connectivity index (χ0v) is 16.2. The molecule has 1 aromatic heterocycles. The molecule has 0 aliphatic carbocycles. The molecular weight excluding hydrogens is 327 g/mol. The van der Waals surface area contributed by atoms with E-state index < -0.39 is 19.8 Å². The molecule has 0 saturated heterocycles. The molecule has 7 heteroatoms. The fourth-order valence-electron chi connectivity index (χ4n) is 2.08. The summed E-state index contributed by atoms with van der Waals surface area (Å²) in [5, 5.41) is 12.1. The molecular formula is C17H29N2O4P. The maximum atomic E-state index is 11.6. The molecule has 1 amide bonds. The molecule has 1 rings (SSSR count). The number of rotatable bonds is 8. The number of hydrogen-bond donors (Lipinski definition) is 2. The van der Waals surface area contributed by atoms with E-state index in [0.29, 0.717) is 18.8 Å². The van der Waals surface area contributed by atoms with Gasteiger partial charge in [-0.05, 0) is 64.9 Å². The fourth-order valence-corrected chi connectivity index (χ4v) is 3.21. The standard InChI is InChI=1S/C17H29N2O4P/c1-6-22-24(5)15-11-13(10-14(12-20)19-15)8-7-9-18-16(21)23-17(2,3)4/h10-11,20H,6-9,12H2,1-5H3,(H,18,21). The molecule has 0 aliphatic rings. The number of aryl methyl sites for hydroxylation is 1. The minimum Gasteiger partial charge on any atom is -0.444 e. The number of aliphatic hydroxyl groups excluding tert-OH is 1. The Morgan fingerprint density at radius 1 is 1.38 bits per heavy atom. The van der Waals surface area contributed by atoms with Crippen LogP contribution in [0.5, 0.6) is 0 Å². The first-order valence-corrected chi connectivity index (χ1v) is 9.90. The van der Waals surface area contributed by atoms with Gasteiger partial charge < -0.3 is 19.7 Å². The predicted octanol–water partition coefficient (Wildman–Crippen LogP) is 2.72. The average Bonchev–Trinajstić information content (AvgIpc) is 2.49. The van der Waals surface area contributed by atoms with Crippen LogP contribution < -0.4 is 10.8 Å². The van der Waals surface area contributed by atoms with Crippen molar-refractivity contribution in [1.82, 2.24) is 10.3 Å². The van der Waals surface area contributed by atoms with Crippen molar-refractivity contribution in [3.05, 3.63) is 23.4 Å². The quantitative estimate of drug-likeness (QED) is 0.553. The molecule has 24 heavy (non-hydrogen) atoms. The Bertz CT molecular complexity index is 532. The molecule has 1 unspecified atom stereocenters. The molecule has 136 valence electrons. The summed E-state index contributed by atoms with van der Waals surface area (Å²) in [6, 6.07) is 3.92. The Balaban J connectivity index is 2.55. The van der Waals surface area contributed by atoms with Crippen LogP contribution in [0, 0.1) is 0 Å². The van der Waals surface area contributed by atoms with Crippen molar-refractivity contribution < 1.29 is 19.2 Å². The largest absolute Gasteiger partial charge is 0.444 e. The lowest BCUT2D eigenvalue weighted by atomic mass is 10.1. The minimum absolute atomic E-state index is 0.0910. The molecule has 1 aromatic rings. The third kappa shape index (κ3) is 8.04. The van der Waals surface area contributed by atoms with Crippen LogP contribution in [0.4, 0.5) is 4.79 Å². The van der Waals surface area contributed by atoms with Crippen molar-refractivity contribution in [1.29, 1.82) is 0 Å². The third-order valence-corrected chi connectivity index (χ3v) is 4.56. The first-order valence-electron chi connectivity index (χ1n) is 8.19. The lowest BCUT2D eigenvalue weighted by Gasteiger charge is -2.19. The van der Waals surface area contributed by atoms with Crippen molar-refractivity contribution in [2.75, 3.05) is 19.8 Å². The number of pyridine rings is 1. The SMILES string of the molecule is CCOP(C)c1cc(CCCNC(=O)OC(C)(C)C)cc(CO)n1. The lowest BCUT2D eigenvalue weighted by Crippen LogP contribution is -2.33. The number of aromatic nitrogens is 1. The zero-order valence-electron chi connectivity index (χ0n) is 15.3. The van der Waals surface area contributed by atoms with E-state index in [0.717, 1.165) is 23.8 Å². The van der Waals surface area contributed by atoms with Crippen molar-refractivity contribution in [2.45, 2.75) is 52.7 Å². The predicted molar refractivity (Wildman–Crippen MR) is 96.8 cm³/mol. The van der Waals surface area contributed by atoms with Gasteiger partial charge in [0.25, 0.3) is 0 Å². The number of amides is 1. The zero-order chi connectivity index (χ0) is 18.2. The number of nitrogens with one attached hydrogen (secondary N) is 1. The van der Waals surface area contributed by atoms with Gasteiger partial charge in [-0.15, -0.1) is 0 Å². The molecule has 0 bridgehead atoms. The fraction of sp³-hybridized carbons (Fsp3) is 0.647. The summed E-state index contributed by atoms with van der Waals surface area (Å²) in [5.74, 6) is 0. The molecule has 1 heterocycles. The number of carbonyl (C=O) groups excluding carboxylic acids is 1. The number of nitrogens with zero attached hydrogens (tertiary/aromatic N) is 1. The van der Waals surface area contributed by atoms with Crippen molar-refractivity contribution in [3.63, 3.8) is 0 Å². The molecule has 1 atom stereocenters. The molecule has 0 aliphatic heterocycles. The highest BCUT2D eigenvalue weighted by molar-refractivity contribution is 7.59. The van der Waals surface area contributed by atoms with E-state index >= 15 is 0 Å². The van der Waals surface area contributed by atoms with Gasteiger partial charge in [-0.2, -0.15) is 0 Å². The van der Waals surface area contributed by atoms with Crippen LogP contribution in [0.2, 0.25) is 0 Å². The molecule has 0 fully saturated rings. The Morgan fingerprint density at radius 3 is 2.67 bits per heavy atom. The van der Waals surface area contributed by atoms with E-state index in [-0.39, 0.29) is 6.61 Å². The summed E-state index contributed by atoms with van der Waals surface area (Å²) in [6.07, 6.45) is 1.17. The maximum absolute atomic E-state index is 11.6. The molecule has 0 radical (unpaired) electrons. The summed E-state index contributed by atoms with van der Waals surface area (Å²) < 4.78 is 10.8. The van der Waals surface area contributed by atoms with Gasteiger partial charge in [-0.25, -0.2) is 9.78 Å². The van der Waals surface area contributed by atoms with Crippen LogP contribution in [0.25, 0.3) is 0 Å². The molecule has 0 spiro atoms. The van der Waals surface area contributed by atoms with Crippen molar-refractivity contribution in [2.24, 2.45) is 0 Å². The average molecular weight is 356 g/mol. The van der Waals surface area contributed by atoms with Gasteiger partial charge in [0.05, 0.1) is 25.9 Å². The van der Waals surface area contributed by atoms with Crippen LogP contribution in [0.1, 0.15) is 45.4 Å². The highest BCUT2D eigenvalue weighted by atomic mass is 31.1. The van der Waals surface area contributed by atoms with Gasteiger partial charge in [-0.1, -0.05) is 0 Å². The first-order chi connectivity index (χ1) is 11.2. The van der Waals surface area contributed by atoms with E-state index in [1.165, 1.54) is 0 Å². The Hall–Kier alpha value is -1.23. The second-order valence-electron chi connectivity index (χ2n) is 6.43. The summed E-state index contributed by atoms with van der Waals surface area (Å²) in [7, 11) is -0.771. The second-order valence-corrected chi connectivity index (χ2v) is 8.14. The summed E-state index contributed by atoms with van der Waals surface area (Å²) in [5.41, 5.74) is 2.13. The number of ether oxygens (including phenoxy) is 1. The van der Waals surface area contributed by atoms with E-state index in [2.05, 4.69) is 10.3 Å². The lowest BCUT2D eigenvalue weighted by molar-refractivity contribution is 0.0527. The second kappa shape index (κ2) is 9.92. The van der Waals surface area contributed by atoms with Gasteiger partial charge in [-0.3, -0.25) is 0 Å². The Labute approximate surface area is 145 Å². The van der Waals surface area contributed by atoms with Crippen LogP contribution in [0.3, 0.4) is 0 Å². The Morgan fingerprint density at radius 2 is 2.08 bits per heavy atom. The van der Waals surface area contributed by atoms with E-state index in [1.807, 2.05) is 46.5 Å². The van der Waals surface area contributed by atoms with Crippen molar-refractivity contribution >= 4 is 19.7 Å². The first kappa shape index (κ1) is 20.8. The van der Waals surface area contributed by atoms with Crippen LogP contribution >= 0.6 is 8.15 Å². The van der Waals surface area contributed by atoms with E-state index in [1.54, 1.807) is 0 Å². The topological polar surface area (TPSA) is 80.7 Å². The smallest absolute Gasteiger partial charge is 0.407 e. The van der Waals surface area contributed by atoms with Gasteiger partial charge in [0.2, 0.25) is 0 Å². The highest BCUT2D eigenvalue weighted by Crippen LogP contribution is 2.30. The van der Waals surface area contributed by atoms with Crippen LogP contribution in [0.15, 0.2) is 12.1 Å². The van der Waals surface area contributed by atoms with Gasteiger partial charge in [0.15, 0.2) is 0 Å². The van der Waals surface area contributed by atoms with Gasteiger partial charge in [0, 0.05) is 13.2 Å². The molecule has 0 aromatic carbocycles. The van der Waals surface area contributed by atoms with Crippen LogP contribution in [-0.4, -0.2) is 41.6 Å². The highest BCUT2D eigenvalue weighted by Gasteiger charge is 2.15. The number of hydrogen-bond acceptors (Lipinski definition) is 5. The molecule has 2 N–H and O–H groups in total. The minimum atomic E-state index is -0.771. The summed E-state index contributed by atoms with van der Waals surface area (Å²) in [6.45, 7) is 10.6. The van der Waals surface area contributed by atoms with E-state index in [4.69, 9.17) is 9.26 Å². The molecule has 0 saturated carbocycles. The monoisotopic (exact) mass is 356 g/mol. The summed E-state index contributed by atoms with van der Waals surface area (Å²) in [4.78, 5) is 16.0. The normalized spacial score (nSPS) is 12.8.